The predicted molar refractivity (Wildman–Crippen MR) is 194 cm³/mol. The molecule has 0 radical (unpaired) electrons. The molecule has 0 heterocycles. The number of halogens is 4. The molecule has 3 amide bonds. The number of rotatable bonds is 10. The Morgan fingerprint density at radius 1 is 0.660 bits per heavy atom. The highest BCUT2D eigenvalue weighted by molar-refractivity contribution is 8.00. The van der Waals surface area contributed by atoms with Crippen LogP contribution in [-0.2, 0) is 9.59 Å². The van der Waals surface area contributed by atoms with Gasteiger partial charge >= 0.3 is 0 Å². The number of carbonyl (C=O) groups excluding carboxylic acids is 3. The van der Waals surface area contributed by atoms with Crippen molar-refractivity contribution in [1.82, 2.24) is 5.32 Å². The van der Waals surface area contributed by atoms with Crippen molar-refractivity contribution in [2.45, 2.75) is 10.1 Å². The molecule has 5 rings (SSSR count). The van der Waals surface area contributed by atoms with Gasteiger partial charge in [-0.05, 0) is 66.2 Å². The van der Waals surface area contributed by atoms with E-state index in [-0.39, 0.29) is 16.6 Å². The molecule has 0 aliphatic rings. The van der Waals surface area contributed by atoms with E-state index in [1.54, 1.807) is 84.9 Å². The fraction of sp³-hybridized carbons (Fsp3) is 0.0278. The lowest BCUT2D eigenvalue weighted by molar-refractivity contribution is -0.116. The molecule has 47 heavy (non-hydrogen) atoms. The molecular weight excluding hydrogens is 696 g/mol. The first-order valence-corrected chi connectivity index (χ1v) is 16.5. The van der Waals surface area contributed by atoms with E-state index in [0.29, 0.717) is 42.5 Å². The number of benzene rings is 5. The molecule has 0 aromatic heterocycles. The summed E-state index contributed by atoms with van der Waals surface area (Å²) in [6, 6.07) is 34.7. The molecule has 5 aromatic rings. The lowest BCUT2D eigenvalue weighted by Crippen LogP contribution is -2.30. The molecule has 6 nitrogen and oxygen atoms in total. The van der Waals surface area contributed by atoms with Gasteiger partial charge in [-0.25, -0.2) is 0 Å². The second-order valence-electron chi connectivity index (χ2n) is 9.99. The van der Waals surface area contributed by atoms with Crippen molar-refractivity contribution in [3.05, 3.63) is 164 Å². The molecule has 1 unspecified atom stereocenters. The summed E-state index contributed by atoms with van der Waals surface area (Å²) in [7, 11) is 0. The zero-order valence-corrected chi connectivity index (χ0v) is 28.2. The number of anilines is 2. The Kier molecular flexibility index (Phi) is 11.6. The van der Waals surface area contributed by atoms with E-state index in [1.165, 1.54) is 17.8 Å². The smallest absolute Gasteiger partial charge is 0.272 e. The lowest BCUT2D eigenvalue weighted by atomic mass is 10.1. The van der Waals surface area contributed by atoms with E-state index in [2.05, 4.69) is 16.0 Å². The molecule has 0 aliphatic heterocycles. The number of hydrogen-bond acceptors (Lipinski definition) is 4. The fourth-order valence-corrected chi connectivity index (χ4v) is 6.35. The largest absolute Gasteiger partial charge is 0.323 e. The van der Waals surface area contributed by atoms with Gasteiger partial charge in [-0.1, -0.05) is 113 Å². The maximum Gasteiger partial charge on any atom is 0.272 e. The van der Waals surface area contributed by atoms with Crippen LogP contribution < -0.4 is 16.0 Å². The highest BCUT2D eigenvalue weighted by atomic mass is 35.5. The summed E-state index contributed by atoms with van der Waals surface area (Å²) in [5.74, 6) is -1.42. The first-order valence-electron chi connectivity index (χ1n) is 14.1. The minimum Gasteiger partial charge on any atom is -0.323 e. The van der Waals surface area contributed by atoms with Gasteiger partial charge in [0.2, 0.25) is 5.91 Å². The standard InChI is InChI=1S/C36H25Cl4N3O3S/c37-27-16-8-17-28(38)26(27)21-31(43-34(44)23-12-5-2-6-13-23)35(45)41-24-14-7-15-25(20-24)47-33(22-10-3-1-4-11-22)36(46)42-30-19-9-18-29(39)32(30)40/h1-21,33H,(H,41,45)(H,42,46)(H,43,44)/b31-21+. The van der Waals surface area contributed by atoms with Gasteiger partial charge in [0.1, 0.15) is 10.9 Å². The van der Waals surface area contributed by atoms with Gasteiger partial charge < -0.3 is 16.0 Å². The number of nitrogens with one attached hydrogen (secondary N) is 3. The van der Waals surface area contributed by atoms with E-state index < -0.39 is 17.1 Å². The van der Waals surface area contributed by atoms with Gasteiger partial charge in [-0.3, -0.25) is 14.4 Å². The monoisotopic (exact) mass is 719 g/mol. The Morgan fingerprint density at radius 2 is 1.28 bits per heavy atom. The molecule has 1 atom stereocenters. The van der Waals surface area contributed by atoms with Gasteiger partial charge in [0.15, 0.2) is 0 Å². The minimum atomic E-state index is -0.680. The molecule has 3 N–H and O–H groups in total. The van der Waals surface area contributed by atoms with Crippen molar-refractivity contribution in [1.29, 1.82) is 0 Å². The van der Waals surface area contributed by atoms with Crippen molar-refractivity contribution in [3.63, 3.8) is 0 Å². The molecule has 236 valence electrons. The maximum atomic E-state index is 13.7. The summed E-state index contributed by atoms with van der Waals surface area (Å²) in [4.78, 5) is 41.0. The van der Waals surface area contributed by atoms with E-state index in [1.807, 2.05) is 36.4 Å². The second-order valence-corrected chi connectivity index (χ2v) is 12.8. The summed E-state index contributed by atoms with van der Waals surface area (Å²) in [6.45, 7) is 0. The van der Waals surface area contributed by atoms with Gasteiger partial charge in [-0.15, -0.1) is 11.8 Å². The third kappa shape index (κ3) is 8.98. The van der Waals surface area contributed by atoms with Crippen LogP contribution in [-0.4, -0.2) is 17.7 Å². The average molecular weight is 721 g/mol. The quantitative estimate of drug-likeness (QED) is 0.0990. The maximum absolute atomic E-state index is 13.7. The van der Waals surface area contributed by atoms with Crippen LogP contribution in [0.25, 0.3) is 6.08 Å². The van der Waals surface area contributed by atoms with Crippen LogP contribution in [0.2, 0.25) is 20.1 Å². The van der Waals surface area contributed by atoms with Gasteiger partial charge in [0.05, 0.1) is 15.7 Å². The summed E-state index contributed by atoms with van der Waals surface area (Å²) >= 11 is 26.5. The molecule has 0 aliphatic carbocycles. The Morgan fingerprint density at radius 3 is 1.98 bits per heavy atom. The van der Waals surface area contributed by atoms with Crippen LogP contribution in [0, 0.1) is 0 Å². The third-order valence-electron chi connectivity index (χ3n) is 6.71. The first kappa shape index (κ1) is 34.1. The predicted octanol–water partition coefficient (Wildman–Crippen LogP) is 10.2. The van der Waals surface area contributed by atoms with E-state index in [0.717, 1.165) is 5.56 Å². The molecule has 0 saturated heterocycles. The normalized spacial score (nSPS) is 11.8. The van der Waals surface area contributed by atoms with E-state index >= 15 is 0 Å². The summed E-state index contributed by atoms with van der Waals surface area (Å²) in [5, 5.41) is 8.90. The Balaban J connectivity index is 1.41. The molecule has 5 aromatic carbocycles. The number of amides is 3. The van der Waals surface area contributed by atoms with Gasteiger partial charge in [0.25, 0.3) is 11.8 Å². The van der Waals surface area contributed by atoms with Gasteiger partial charge in [-0.2, -0.15) is 0 Å². The Bertz CT molecular complexity index is 1940. The van der Waals surface area contributed by atoms with Gasteiger partial charge in [0, 0.05) is 31.8 Å². The Hall–Kier alpha value is -4.24. The molecule has 0 bridgehead atoms. The highest BCUT2D eigenvalue weighted by Crippen LogP contribution is 2.38. The first-order chi connectivity index (χ1) is 22.7. The lowest BCUT2D eigenvalue weighted by Gasteiger charge is -2.18. The topological polar surface area (TPSA) is 87.3 Å². The third-order valence-corrected chi connectivity index (χ3v) is 9.44. The molecule has 11 heteroatoms. The highest BCUT2D eigenvalue weighted by Gasteiger charge is 2.24. The minimum absolute atomic E-state index is 0.0770. The number of thioether (sulfide) groups is 1. The molecule has 0 spiro atoms. The van der Waals surface area contributed by atoms with Crippen LogP contribution in [0.4, 0.5) is 11.4 Å². The van der Waals surface area contributed by atoms with Crippen molar-refractivity contribution >= 4 is 93.3 Å². The van der Waals surface area contributed by atoms with Crippen LogP contribution in [0.5, 0.6) is 0 Å². The summed E-state index contributed by atoms with van der Waals surface area (Å²) in [5.41, 5.74) is 2.23. The summed E-state index contributed by atoms with van der Waals surface area (Å²) in [6.07, 6.45) is 1.43. The SMILES string of the molecule is O=C(Nc1cccc(SC(C(=O)Nc2cccc(Cl)c2Cl)c2ccccc2)c1)/C(=C\c1c(Cl)cccc1Cl)NC(=O)c1ccccc1. The van der Waals surface area contributed by atoms with Crippen molar-refractivity contribution in [3.8, 4) is 0 Å². The zero-order chi connectivity index (χ0) is 33.3. The van der Waals surface area contributed by atoms with E-state index in [4.69, 9.17) is 46.4 Å². The van der Waals surface area contributed by atoms with Crippen molar-refractivity contribution < 1.29 is 14.4 Å². The van der Waals surface area contributed by atoms with Crippen molar-refractivity contribution in [2.24, 2.45) is 0 Å². The number of hydrogen-bond donors (Lipinski definition) is 3. The zero-order valence-electron chi connectivity index (χ0n) is 24.3. The number of carbonyl (C=O) groups is 3. The summed E-state index contributed by atoms with van der Waals surface area (Å²) < 4.78 is 0. The average Bonchev–Trinajstić information content (AvgIpc) is 3.07. The second kappa shape index (κ2) is 16.0. The molecule has 0 saturated carbocycles. The fourth-order valence-electron chi connectivity index (χ4n) is 4.42. The van der Waals surface area contributed by atoms with Crippen LogP contribution in [0.15, 0.2) is 132 Å². The van der Waals surface area contributed by atoms with Crippen LogP contribution >= 0.6 is 58.2 Å². The van der Waals surface area contributed by atoms with Crippen LogP contribution in [0.1, 0.15) is 26.7 Å². The molecular formula is C36H25Cl4N3O3S. The molecule has 0 fully saturated rings. The van der Waals surface area contributed by atoms with E-state index in [9.17, 15) is 14.4 Å². The van der Waals surface area contributed by atoms with Crippen molar-refractivity contribution in [2.75, 3.05) is 10.6 Å². The Labute approximate surface area is 296 Å². The van der Waals surface area contributed by atoms with Crippen LogP contribution in [0.3, 0.4) is 0 Å².